The molecule has 0 radical (unpaired) electrons. The van der Waals surface area contributed by atoms with Crippen molar-refractivity contribution < 1.29 is 18.7 Å². The van der Waals surface area contributed by atoms with Gasteiger partial charge in [-0.05, 0) is 57.2 Å². The van der Waals surface area contributed by atoms with Gasteiger partial charge in [0.1, 0.15) is 11.2 Å². The van der Waals surface area contributed by atoms with Crippen LogP contribution in [0.5, 0.6) is 0 Å². The minimum absolute atomic E-state index is 0.00218. The van der Waals surface area contributed by atoms with Gasteiger partial charge in [0.2, 0.25) is 0 Å². The first kappa shape index (κ1) is 16.9. The third kappa shape index (κ3) is 3.16. The molecule has 1 N–H and O–H groups in total. The quantitative estimate of drug-likeness (QED) is 0.915. The highest BCUT2D eigenvalue weighted by atomic mass is 16.6. The zero-order valence-corrected chi connectivity index (χ0v) is 15.3. The van der Waals surface area contributed by atoms with E-state index in [9.17, 15) is 9.59 Å². The monoisotopic (exact) mass is 356 g/mol. The summed E-state index contributed by atoms with van der Waals surface area (Å²) < 4.78 is 10.9. The van der Waals surface area contributed by atoms with Gasteiger partial charge in [-0.3, -0.25) is 4.79 Å². The maximum Gasteiger partial charge on any atom is 0.410 e. The first-order valence-electron chi connectivity index (χ1n) is 9.07. The Morgan fingerprint density at radius 2 is 2.12 bits per heavy atom. The molecule has 3 atom stereocenters. The molecule has 6 heteroatoms. The zero-order valence-electron chi connectivity index (χ0n) is 15.3. The molecule has 2 fully saturated rings. The lowest BCUT2D eigenvalue weighted by molar-refractivity contribution is 0.0192. The molecule has 0 unspecified atom stereocenters. The first-order chi connectivity index (χ1) is 12.3. The largest absolute Gasteiger partial charge is 0.464 e. The molecule has 26 heavy (non-hydrogen) atoms. The summed E-state index contributed by atoms with van der Waals surface area (Å²) in [5, 5.41) is 3.79. The molecule has 1 saturated heterocycles. The zero-order chi connectivity index (χ0) is 18.5. The van der Waals surface area contributed by atoms with Crippen LogP contribution in [0.3, 0.4) is 0 Å². The third-order valence-corrected chi connectivity index (χ3v) is 5.14. The summed E-state index contributed by atoms with van der Waals surface area (Å²) in [4.78, 5) is 26.9. The molecule has 2 amide bonds. The fourth-order valence-corrected chi connectivity index (χ4v) is 3.85. The normalized spacial score (nSPS) is 24.4. The molecule has 138 valence electrons. The van der Waals surface area contributed by atoms with E-state index in [2.05, 4.69) is 5.32 Å². The summed E-state index contributed by atoms with van der Waals surface area (Å²) in [7, 11) is 0. The second kappa shape index (κ2) is 6.04. The lowest BCUT2D eigenvalue weighted by atomic mass is 10.1. The van der Waals surface area contributed by atoms with Crippen LogP contribution in [0.1, 0.15) is 37.6 Å². The molecule has 1 aromatic heterocycles. The average molecular weight is 356 g/mol. The number of rotatable bonds is 3. The number of amides is 2. The number of carbonyl (C=O) groups is 2. The second-order valence-electron chi connectivity index (χ2n) is 8.21. The second-order valence-corrected chi connectivity index (χ2v) is 8.21. The van der Waals surface area contributed by atoms with Gasteiger partial charge >= 0.3 is 6.09 Å². The van der Waals surface area contributed by atoms with Crippen LogP contribution in [0.25, 0.3) is 11.0 Å². The minimum Gasteiger partial charge on any atom is -0.464 e. The van der Waals surface area contributed by atoms with Crippen LogP contribution >= 0.6 is 0 Å². The number of fused-ring (bicyclic) bond motifs is 2. The Labute approximate surface area is 152 Å². The molecule has 1 aliphatic heterocycles. The average Bonchev–Trinajstić information content (AvgIpc) is 3.02. The van der Waals surface area contributed by atoms with Crippen LogP contribution in [-0.4, -0.2) is 41.6 Å². The van der Waals surface area contributed by atoms with Crippen molar-refractivity contribution in [1.29, 1.82) is 0 Å². The van der Waals surface area contributed by atoms with E-state index < -0.39 is 5.60 Å². The van der Waals surface area contributed by atoms with E-state index in [4.69, 9.17) is 9.15 Å². The Kier molecular flexibility index (Phi) is 3.93. The van der Waals surface area contributed by atoms with E-state index in [0.717, 1.165) is 18.4 Å². The number of benzene rings is 1. The summed E-state index contributed by atoms with van der Waals surface area (Å²) >= 11 is 0. The van der Waals surface area contributed by atoms with Gasteiger partial charge in [-0.25, -0.2) is 4.79 Å². The minimum atomic E-state index is -0.519. The molecule has 1 aliphatic carbocycles. The summed E-state index contributed by atoms with van der Waals surface area (Å²) in [6.07, 6.45) is 2.41. The van der Waals surface area contributed by atoms with E-state index in [0.29, 0.717) is 29.5 Å². The van der Waals surface area contributed by atoms with Crippen molar-refractivity contribution in [2.45, 2.75) is 38.8 Å². The van der Waals surface area contributed by atoms with Crippen molar-refractivity contribution in [2.75, 3.05) is 13.1 Å². The van der Waals surface area contributed by atoms with Crippen LogP contribution in [0.4, 0.5) is 4.79 Å². The van der Waals surface area contributed by atoms with Crippen LogP contribution in [0, 0.1) is 11.8 Å². The highest BCUT2D eigenvalue weighted by Gasteiger charge is 2.54. The van der Waals surface area contributed by atoms with E-state index in [1.54, 1.807) is 29.4 Å². The predicted molar refractivity (Wildman–Crippen MR) is 96.9 cm³/mol. The topological polar surface area (TPSA) is 71.8 Å². The summed E-state index contributed by atoms with van der Waals surface area (Å²) in [5.41, 5.74) is 0.760. The SMILES string of the molecule is CC(C)(C)OC(=O)N1C[C@@H]2C[C@@H]2[C@H]1CNC(=O)c1cccc2occc12. The molecule has 1 aromatic carbocycles. The van der Waals surface area contributed by atoms with Gasteiger partial charge in [0, 0.05) is 18.5 Å². The number of carbonyl (C=O) groups excluding carboxylic acids is 2. The number of likely N-dealkylation sites (tertiary alicyclic amines) is 1. The van der Waals surface area contributed by atoms with E-state index in [1.165, 1.54) is 0 Å². The van der Waals surface area contributed by atoms with Crippen molar-refractivity contribution in [2.24, 2.45) is 11.8 Å². The third-order valence-electron chi connectivity index (χ3n) is 5.14. The number of furan rings is 1. The lowest BCUT2D eigenvalue weighted by Crippen LogP contribution is -2.47. The van der Waals surface area contributed by atoms with E-state index in [-0.39, 0.29) is 18.0 Å². The predicted octanol–water partition coefficient (Wildman–Crippen LogP) is 3.42. The molecule has 2 heterocycles. The fraction of sp³-hybridized carbons (Fsp3) is 0.500. The Hall–Kier alpha value is -2.50. The van der Waals surface area contributed by atoms with Crippen molar-refractivity contribution in [1.82, 2.24) is 10.2 Å². The molecule has 4 rings (SSSR count). The highest BCUT2D eigenvalue weighted by Crippen LogP contribution is 2.49. The number of piperidine rings is 1. The lowest BCUT2D eigenvalue weighted by Gasteiger charge is -2.30. The Morgan fingerprint density at radius 3 is 2.88 bits per heavy atom. The molecular formula is C20H24N2O4. The molecule has 0 spiro atoms. The number of hydrogen-bond acceptors (Lipinski definition) is 4. The Bertz CT molecular complexity index is 851. The number of ether oxygens (including phenoxy) is 1. The van der Waals surface area contributed by atoms with E-state index >= 15 is 0 Å². The number of nitrogens with zero attached hydrogens (tertiary/aromatic N) is 1. The Balaban J connectivity index is 1.44. The number of nitrogens with one attached hydrogen (secondary N) is 1. The van der Waals surface area contributed by atoms with Crippen molar-refractivity contribution in [3.05, 3.63) is 36.1 Å². The van der Waals surface area contributed by atoms with Crippen molar-refractivity contribution in [3.63, 3.8) is 0 Å². The van der Waals surface area contributed by atoms with Gasteiger partial charge in [-0.15, -0.1) is 0 Å². The van der Waals surface area contributed by atoms with Crippen LogP contribution in [0.15, 0.2) is 34.9 Å². The van der Waals surface area contributed by atoms with Gasteiger partial charge in [0.15, 0.2) is 0 Å². The number of hydrogen-bond donors (Lipinski definition) is 1. The fourth-order valence-electron chi connectivity index (χ4n) is 3.85. The summed E-state index contributed by atoms with van der Waals surface area (Å²) in [6, 6.07) is 7.22. The standard InChI is InChI=1S/C20H24N2O4/c1-20(2,3)26-19(24)22-11-12-9-15(12)16(22)10-21-18(23)14-5-4-6-17-13(14)7-8-25-17/h4-8,12,15-16H,9-11H2,1-3H3,(H,21,23)/t12-,15-,16+/m0/s1. The molecule has 2 aliphatic rings. The smallest absolute Gasteiger partial charge is 0.410 e. The Morgan fingerprint density at radius 1 is 1.31 bits per heavy atom. The maximum absolute atomic E-state index is 12.7. The van der Waals surface area contributed by atoms with Crippen molar-refractivity contribution in [3.8, 4) is 0 Å². The molecule has 2 aromatic rings. The van der Waals surface area contributed by atoms with Gasteiger partial charge in [0.05, 0.1) is 17.9 Å². The van der Waals surface area contributed by atoms with Gasteiger partial charge in [-0.2, -0.15) is 0 Å². The summed E-state index contributed by atoms with van der Waals surface area (Å²) in [5.74, 6) is 0.861. The molecule has 1 saturated carbocycles. The van der Waals surface area contributed by atoms with E-state index in [1.807, 2.05) is 26.8 Å². The first-order valence-corrected chi connectivity index (χ1v) is 9.07. The maximum atomic E-state index is 12.7. The van der Waals surface area contributed by atoms with Crippen LogP contribution < -0.4 is 5.32 Å². The van der Waals surface area contributed by atoms with Crippen molar-refractivity contribution >= 4 is 23.0 Å². The summed E-state index contributed by atoms with van der Waals surface area (Å²) in [6.45, 7) is 6.75. The van der Waals surface area contributed by atoms with Crippen LogP contribution in [-0.2, 0) is 4.74 Å². The molecular weight excluding hydrogens is 332 g/mol. The van der Waals surface area contributed by atoms with Crippen LogP contribution in [0.2, 0.25) is 0 Å². The highest BCUT2D eigenvalue weighted by molar-refractivity contribution is 6.05. The van der Waals surface area contributed by atoms with Gasteiger partial charge < -0.3 is 19.4 Å². The van der Waals surface area contributed by atoms with Gasteiger partial charge in [0.25, 0.3) is 5.91 Å². The molecule has 6 nitrogen and oxygen atoms in total. The van der Waals surface area contributed by atoms with Gasteiger partial charge in [-0.1, -0.05) is 6.07 Å². The molecule has 0 bridgehead atoms.